The topological polar surface area (TPSA) is 91.5 Å². The summed E-state index contributed by atoms with van der Waals surface area (Å²) in [6, 6.07) is 22.0. The lowest BCUT2D eigenvalue weighted by Crippen LogP contribution is -2.13. The van der Waals surface area contributed by atoms with Gasteiger partial charge < -0.3 is 9.97 Å². The van der Waals surface area contributed by atoms with Gasteiger partial charge in [0.25, 0.3) is 11.1 Å². The first-order chi connectivity index (χ1) is 13.7. The molecule has 0 radical (unpaired) electrons. The maximum atomic E-state index is 12.6. The van der Waals surface area contributed by atoms with Crippen molar-refractivity contribution in [2.24, 2.45) is 0 Å². The van der Waals surface area contributed by atoms with Crippen LogP contribution < -0.4 is 11.1 Å². The summed E-state index contributed by atoms with van der Waals surface area (Å²) in [4.78, 5) is 40.0. The average molecular weight is 366 g/mol. The molecule has 6 nitrogen and oxygen atoms in total. The molecular formula is C22H14N4O2. The van der Waals surface area contributed by atoms with Gasteiger partial charge in [0.15, 0.2) is 0 Å². The first kappa shape index (κ1) is 16.1. The van der Waals surface area contributed by atoms with Gasteiger partial charge in [-0.2, -0.15) is 0 Å². The minimum atomic E-state index is -0.269. The summed E-state index contributed by atoms with van der Waals surface area (Å²) >= 11 is 0. The zero-order valence-corrected chi connectivity index (χ0v) is 14.6. The van der Waals surface area contributed by atoms with Crippen LogP contribution in [-0.2, 0) is 0 Å². The minimum Gasteiger partial charge on any atom is -0.306 e. The quantitative estimate of drug-likeness (QED) is 0.468. The standard InChI is InChI=1S/C22H14N4O2/c27-21-15-12-18-16(22(28)26-20(24-18)14-9-5-2-6-10-14)11-17(15)23-19(25-21)13-7-3-1-4-8-13/h1-12H,(H,23,25,27)(H,24,26,28). The highest BCUT2D eigenvalue weighted by Crippen LogP contribution is 2.21. The highest BCUT2D eigenvalue weighted by molar-refractivity contribution is 5.94. The number of rotatable bonds is 2. The van der Waals surface area contributed by atoms with Gasteiger partial charge in [-0.25, -0.2) is 9.97 Å². The Hall–Kier alpha value is -4.06. The number of nitrogens with zero attached hydrogens (tertiary/aromatic N) is 2. The van der Waals surface area contributed by atoms with Crippen LogP contribution in [0.5, 0.6) is 0 Å². The molecule has 2 aromatic heterocycles. The third kappa shape index (κ3) is 2.68. The van der Waals surface area contributed by atoms with Crippen molar-refractivity contribution in [2.45, 2.75) is 0 Å². The van der Waals surface area contributed by atoms with Crippen molar-refractivity contribution in [2.75, 3.05) is 0 Å². The van der Waals surface area contributed by atoms with Crippen molar-refractivity contribution in [1.29, 1.82) is 0 Å². The number of aromatic amines is 2. The van der Waals surface area contributed by atoms with Crippen LogP contribution in [-0.4, -0.2) is 19.9 Å². The molecule has 0 atom stereocenters. The number of nitrogens with one attached hydrogen (secondary N) is 2. The SMILES string of the molecule is O=c1[nH]c(-c2ccccc2)nc2cc3c(=O)[nH]c(-c4ccccc4)nc3cc12. The molecule has 0 fully saturated rings. The predicted molar refractivity (Wildman–Crippen MR) is 109 cm³/mol. The van der Waals surface area contributed by atoms with E-state index in [0.717, 1.165) is 11.1 Å². The summed E-state index contributed by atoms with van der Waals surface area (Å²) in [5, 5.41) is 0.786. The second-order valence-corrected chi connectivity index (χ2v) is 6.45. The van der Waals surface area contributed by atoms with Crippen molar-refractivity contribution in [3.8, 4) is 22.8 Å². The smallest absolute Gasteiger partial charge is 0.259 e. The molecular weight excluding hydrogens is 352 g/mol. The Morgan fingerprint density at radius 1 is 0.571 bits per heavy atom. The summed E-state index contributed by atoms with van der Waals surface area (Å²) < 4.78 is 0. The fraction of sp³-hybridized carbons (Fsp3) is 0. The minimum absolute atomic E-state index is 0.269. The van der Waals surface area contributed by atoms with Gasteiger partial charge in [-0.05, 0) is 12.1 Å². The number of H-pyrrole nitrogens is 2. The molecule has 0 aliphatic rings. The third-order valence-corrected chi connectivity index (χ3v) is 4.63. The van der Waals surface area contributed by atoms with Gasteiger partial charge >= 0.3 is 0 Å². The molecule has 0 amide bonds. The lowest BCUT2D eigenvalue weighted by Gasteiger charge is -2.06. The van der Waals surface area contributed by atoms with Crippen LogP contribution in [0.1, 0.15) is 0 Å². The molecule has 0 aliphatic carbocycles. The van der Waals surface area contributed by atoms with E-state index in [4.69, 9.17) is 0 Å². The van der Waals surface area contributed by atoms with Gasteiger partial charge in [-0.15, -0.1) is 0 Å². The van der Waals surface area contributed by atoms with E-state index < -0.39 is 0 Å². The second kappa shape index (κ2) is 6.28. The van der Waals surface area contributed by atoms with Gasteiger partial charge in [0.2, 0.25) is 0 Å². The average Bonchev–Trinajstić information content (AvgIpc) is 2.74. The van der Waals surface area contributed by atoms with E-state index >= 15 is 0 Å². The van der Waals surface area contributed by atoms with E-state index in [1.807, 2.05) is 60.7 Å². The fourth-order valence-corrected chi connectivity index (χ4v) is 3.24. The van der Waals surface area contributed by atoms with E-state index in [1.54, 1.807) is 12.1 Å². The zero-order valence-electron chi connectivity index (χ0n) is 14.6. The van der Waals surface area contributed by atoms with Crippen LogP contribution >= 0.6 is 0 Å². The molecule has 5 aromatic rings. The van der Waals surface area contributed by atoms with Crippen LogP contribution in [0.2, 0.25) is 0 Å². The summed E-state index contributed by atoms with van der Waals surface area (Å²) in [6.07, 6.45) is 0. The third-order valence-electron chi connectivity index (χ3n) is 4.63. The van der Waals surface area contributed by atoms with Gasteiger partial charge in [-0.3, -0.25) is 9.59 Å². The van der Waals surface area contributed by atoms with Crippen LogP contribution in [0, 0.1) is 0 Å². The lowest BCUT2D eigenvalue weighted by atomic mass is 10.1. The number of hydrogen-bond donors (Lipinski definition) is 2. The van der Waals surface area contributed by atoms with Crippen LogP contribution in [0.4, 0.5) is 0 Å². The monoisotopic (exact) mass is 366 g/mol. The van der Waals surface area contributed by atoms with Crippen molar-refractivity contribution < 1.29 is 0 Å². The normalized spacial score (nSPS) is 11.1. The summed E-state index contributed by atoms with van der Waals surface area (Å²) in [5.41, 5.74) is 1.97. The van der Waals surface area contributed by atoms with E-state index in [0.29, 0.717) is 33.5 Å². The van der Waals surface area contributed by atoms with E-state index in [-0.39, 0.29) is 11.1 Å². The molecule has 5 rings (SSSR count). The maximum Gasteiger partial charge on any atom is 0.259 e. The number of benzene rings is 3. The Kier molecular flexibility index (Phi) is 3.62. The molecule has 0 saturated heterocycles. The molecule has 0 spiro atoms. The Morgan fingerprint density at radius 3 is 1.36 bits per heavy atom. The summed E-state index contributed by atoms with van der Waals surface area (Å²) in [5.74, 6) is 0.922. The predicted octanol–water partition coefficient (Wildman–Crippen LogP) is 3.49. The highest BCUT2D eigenvalue weighted by atomic mass is 16.1. The Morgan fingerprint density at radius 2 is 0.964 bits per heavy atom. The molecule has 6 heteroatoms. The molecule has 134 valence electrons. The van der Waals surface area contributed by atoms with Gasteiger partial charge in [0.05, 0.1) is 21.8 Å². The molecule has 0 bridgehead atoms. The molecule has 28 heavy (non-hydrogen) atoms. The molecule has 2 N–H and O–H groups in total. The molecule has 0 unspecified atom stereocenters. The van der Waals surface area contributed by atoms with Crippen molar-refractivity contribution >= 4 is 21.8 Å². The van der Waals surface area contributed by atoms with E-state index in [1.165, 1.54) is 0 Å². The number of fused-ring (bicyclic) bond motifs is 2. The second-order valence-electron chi connectivity index (χ2n) is 6.45. The molecule has 3 aromatic carbocycles. The van der Waals surface area contributed by atoms with Crippen molar-refractivity contribution in [3.63, 3.8) is 0 Å². The summed E-state index contributed by atoms with van der Waals surface area (Å²) in [6.45, 7) is 0. The molecule has 0 saturated carbocycles. The van der Waals surface area contributed by atoms with Gasteiger partial charge in [0, 0.05) is 11.1 Å². The summed E-state index contributed by atoms with van der Waals surface area (Å²) in [7, 11) is 0. The zero-order chi connectivity index (χ0) is 19.1. The molecule has 2 heterocycles. The number of aromatic nitrogens is 4. The van der Waals surface area contributed by atoms with Gasteiger partial charge in [0.1, 0.15) is 11.6 Å². The van der Waals surface area contributed by atoms with Crippen molar-refractivity contribution in [1.82, 2.24) is 19.9 Å². The van der Waals surface area contributed by atoms with Crippen LogP contribution in [0.25, 0.3) is 44.6 Å². The largest absolute Gasteiger partial charge is 0.306 e. The van der Waals surface area contributed by atoms with E-state index in [9.17, 15) is 9.59 Å². The Balaban J connectivity index is 1.76. The van der Waals surface area contributed by atoms with Crippen LogP contribution in [0.3, 0.4) is 0 Å². The molecule has 0 aliphatic heterocycles. The van der Waals surface area contributed by atoms with Crippen molar-refractivity contribution in [3.05, 3.63) is 93.5 Å². The highest BCUT2D eigenvalue weighted by Gasteiger charge is 2.11. The van der Waals surface area contributed by atoms with E-state index in [2.05, 4.69) is 19.9 Å². The first-order valence-corrected chi connectivity index (χ1v) is 8.78. The number of hydrogen-bond acceptors (Lipinski definition) is 4. The van der Waals surface area contributed by atoms with Gasteiger partial charge in [-0.1, -0.05) is 60.7 Å². The first-order valence-electron chi connectivity index (χ1n) is 8.78. The lowest BCUT2D eigenvalue weighted by molar-refractivity contribution is 1.16. The Bertz CT molecular complexity index is 1330. The van der Waals surface area contributed by atoms with Crippen LogP contribution in [0.15, 0.2) is 82.4 Å². The fourth-order valence-electron chi connectivity index (χ4n) is 3.24. The Labute approximate surface area is 158 Å². The maximum absolute atomic E-state index is 12.6.